The van der Waals surface area contributed by atoms with Gasteiger partial charge in [-0.1, -0.05) is 11.6 Å². The van der Waals surface area contributed by atoms with Gasteiger partial charge in [0.1, 0.15) is 17.5 Å². The van der Waals surface area contributed by atoms with E-state index in [4.69, 9.17) is 23.1 Å². The summed E-state index contributed by atoms with van der Waals surface area (Å²) in [7, 11) is 0. The number of benzene rings is 1. The highest BCUT2D eigenvalue weighted by molar-refractivity contribution is 6.30. The Balaban J connectivity index is 2.47. The Hall–Kier alpha value is -1.72. The van der Waals surface area contributed by atoms with Crippen LogP contribution in [0.3, 0.4) is 0 Å². The van der Waals surface area contributed by atoms with Crippen molar-refractivity contribution in [1.29, 1.82) is 0 Å². The highest BCUT2D eigenvalue weighted by Gasteiger charge is 2.15. The topological polar surface area (TPSA) is 64.9 Å². The lowest BCUT2D eigenvalue weighted by Crippen LogP contribution is -2.15. The quantitative estimate of drug-likeness (QED) is 0.881. The molecule has 0 bridgehead atoms. The van der Waals surface area contributed by atoms with Crippen molar-refractivity contribution in [2.45, 2.75) is 6.04 Å². The lowest BCUT2D eigenvalue weighted by atomic mass is 10.00. The molecule has 6 heteroatoms. The SMILES string of the molecule is Nc1ncc(Cl)cc1C(N)c1cc(F)cc(F)c1. The van der Waals surface area contributed by atoms with Gasteiger partial charge in [-0.3, -0.25) is 0 Å². The molecule has 0 aliphatic carbocycles. The first-order valence-electron chi connectivity index (χ1n) is 5.10. The van der Waals surface area contributed by atoms with Crippen molar-refractivity contribution < 1.29 is 8.78 Å². The number of rotatable bonds is 2. The van der Waals surface area contributed by atoms with Crippen molar-refractivity contribution in [2.24, 2.45) is 5.73 Å². The number of nitrogens with zero attached hydrogens (tertiary/aromatic N) is 1. The summed E-state index contributed by atoms with van der Waals surface area (Å²) in [6.45, 7) is 0. The van der Waals surface area contributed by atoms with Gasteiger partial charge in [-0.15, -0.1) is 0 Å². The maximum absolute atomic E-state index is 13.1. The van der Waals surface area contributed by atoms with Crippen LogP contribution in [-0.4, -0.2) is 4.98 Å². The average Bonchev–Trinajstić information content (AvgIpc) is 2.30. The fourth-order valence-electron chi connectivity index (χ4n) is 1.65. The van der Waals surface area contributed by atoms with E-state index in [0.717, 1.165) is 18.2 Å². The van der Waals surface area contributed by atoms with Crippen molar-refractivity contribution in [3.8, 4) is 0 Å². The summed E-state index contributed by atoms with van der Waals surface area (Å²) in [4.78, 5) is 3.85. The van der Waals surface area contributed by atoms with Crippen molar-refractivity contribution in [2.75, 3.05) is 5.73 Å². The summed E-state index contributed by atoms with van der Waals surface area (Å²) in [5.41, 5.74) is 12.3. The molecule has 1 unspecified atom stereocenters. The molecule has 0 fully saturated rings. The van der Waals surface area contributed by atoms with Crippen LogP contribution in [0.15, 0.2) is 30.5 Å². The van der Waals surface area contributed by atoms with Crippen molar-refractivity contribution in [3.05, 3.63) is 58.2 Å². The molecule has 18 heavy (non-hydrogen) atoms. The third kappa shape index (κ3) is 2.57. The summed E-state index contributed by atoms with van der Waals surface area (Å²) in [5, 5.41) is 0.353. The number of halogens is 3. The first-order valence-corrected chi connectivity index (χ1v) is 5.47. The highest BCUT2D eigenvalue weighted by Crippen LogP contribution is 2.26. The predicted molar refractivity (Wildman–Crippen MR) is 66.0 cm³/mol. The van der Waals surface area contributed by atoms with Crippen LogP contribution in [-0.2, 0) is 0 Å². The van der Waals surface area contributed by atoms with Crippen molar-refractivity contribution in [3.63, 3.8) is 0 Å². The number of hydrogen-bond acceptors (Lipinski definition) is 3. The Morgan fingerprint density at radius 3 is 2.33 bits per heavy atom. The molecular weight excluding hydrogens is 260 g/mol. The molecule has 1 aromatic carbocycles. The van der Waals surface area contributed by atoms with Gasteiger partial charge in [0.25, 0.3) is 0 Å². The zero-order valence-corrected chi connectivity index (χ0v) is 9.96. The van der Waals surface area contributed by atoms with Gasteiger partial charge < -0.3 is 11.5 Å². The van der Waals surface area contributed by atoms with E-state index < -0.39 is 17.7 Å². The van der Waals surface area contributed by atoms with Gasteiger partial charge >= 0.3 is 0 Å². The van der Waals surface area contributed by atoms with Gasteiger partial charge in [0.15, 0.2) is 0 Å². The molecule has 0 saturated carbocycles. The molecule has 3 nitrogen and oxygen atoms in total. The molecule has 1 heterocycles. The maximum Gasteiger partial charge on any atom is 0.128 e. The normalized spacial score (nSPS) is 12.4. The molecule has 2 rings (SSSR count). The zero-order chi connectivity index (χ0) is 13.3. The minimum absolute atomic E-state index is 0.177. The predicted octanol–water partition coefficient (Wildman–Crippen LogP) is 2.64. The van der Waals surface area contributed by atoms with Gasteiger partial charge in [-0.05, 0) is 23.8 Å². The van der Waals surface area contributed by atoms with Gasteiger partial charge in [0.2, 0.25) is 0 Å². The lowest BCUT2D eigenvalue weighted by molar-refractivity contribution is 0.577. The highest BCUT2D eigenvalue weighted by atomic mass is 35.5. The van der Waals surface area contributed by atoms with E-state index in [2.05, 4.69) is 4.98 Å². The molecule has 2 aromatic rings. The van der Waals surface area contributed by atoms with Crippen LogP contribution < -0.4 is 11.5 Å². The molecule has 0 aliphatic heterocycles. The average molecular weight is 270 g/mol. The Bertz CT molecular complexity index is 569. The van der Waals surface area contributed by atoms with E-state index in [1.807, 2.05) is 0 Å². The number of nitrogen functional groups attached to an aromatic ring is 1. The molecule has 1 atom stereocenters. The van der Waals surface area contributed by atoms with Gasteiger partial charge in [0, 0.05) is 17.8 Å². The Morgan fingerprint density at radius 1 is 1.11 bits per heavy atom. The first-order chi connectivity index (χ1) is 8.47. The second-order valence-electron chi connectivity index (χ2n) is 3.81. The fraction of sp³-hybridized carbons (Fsp3) is 0.0833. The molecule has 0 amide bonds. The molecule has 0 aliphatic rings. The summed E-state index contributed by atoms with van der Waals surface area (Å²) in [5.74, 6) is -1.22. The van der Waals surface area contributed by atoms with Crippen LogP contribution in [0.1, 0.15) is 17.2 Å². The van der Waals surface area contributed by atoms with Crippen LogP contribution in [0.25, 0.3) is 0 Å². The lowest BCUT2D eigenvalue weighted by Gasteiger charge is -2.14. The van der Waals surface area contributed by atoms with Crippen LogP contribution in [0, 0.1) is 11.6 Å². The summed E-state index contributed by atoms with van der Waals surface area (Å²) < 4.78 is 26.2. The number of hydrogen-bond donors (Lipinski definition) is 2. The molecule has 4 N–H and O–H groups in total. The third-order valence-corrected chi connectivity index (χ3v) is 2.70. The second kappa shape index (κ2) is 4.88. The number of anilines is 1. The molecule has 0 radical (unpaired) electrons. The van der Waals surface area contributed by atoms with Gasteiger partial charge in [0.05, 0.1) is 11.1 Å². The molecular formula is C12H10ClF2N3. The van der Waals surface area contributed by atoms with Crippen LogP contribution >= 0.6 is 11.6 Å². The van der Waals surface area contributed by atoms with Crippen molar-refractivity contribution in [1.82, 2.24) is 4.98 Å². The first kappa shape index (κ1) is 12.7. The number of nitrogens with two attached hydrogens (primary N) is 2. The Kier molecular flexibility index (Phi) is 3.45. The van der Waals surface area contributed by atoms with E-state index >= 15 is 0 Å². The molecule has 0 spiro atoms. The Morgan fingerprint density at radius 2 is 1.72 bits per heavy atom. The molecule has 1 aromatic heterocycles. The minimum Gasteiger partial charge on any atom is -0.383 e. The molecule has 0 saturated heterocycles. The third-order valence-electron chi connectivity index (χ3n) is 2.50. The van der Waals surface area contributed by atoms with E-state index in [0.29, 0.717) is 10.6 Å². The molecule has 94 valence electrons. The summed E-state index contributed by atoms with van der Waals surface area (Å²) >= 11 is 5.79. The number of aromatic nitrogens is 1. The van der Waals surface area contributed by atoms with Crippen LogP contribution in [0.5, 0.6) is 0 Å². The standard InChI is InChI=1S/C12H10ClF2N3/c13-7-3-10(12(17)18-5-7)11(16)6-1-8(14)4-9(15)2-6/h1-5,11H,16H2,(H2,17,18). The smallest absolute Gasteiger partial charge is 0.128 e. The maximum atomic E-state index is 13.1. The van der Waals surface area contributed by atoms with Gasteiger partial charge in [-0.2, -0.15) is 0 Å². The summed E-state index contributed by atoms with van der Waals surface area (Å²) in [6, 6.07) is 3.80. The van der Waals surface area contributed by atoms with E-state index in [-0.39, 0.29) is 11.4 Å². The van der Waals surface area contributed by atoms with Crippen molar-refractivity contribution >= 4 is 17.4 Å². The Labute approximate surface area is 107 Å². The van der Waals surface area contributed by atoms with Crippen LogP contribution in [0.2, 0.25) is 5.02 Å². The largest absolute Gasteiger partial charge is 0.383 e. The number of pyridine rings is 1. The minimum atomic E-state index is -0.790. The fourth-order valence-corrected chi connectivity index (χ4v) is 1.82. The van der Waals surface area contributed by atoms with E-state index in [9.17, 15) is 8.78 Å². The van der Waals surface area contributed by atoms with Crippen LogP contribution in [0.4, 0.5) is 14.6 Å². The van der Waals surface area contributed by atoms with Gasteiger partial charge in [-0.25, -0.2) is 13.8 Å². The van der Waals surface area contributed by atoms with E-state index in [1.54, 1.807) is 0 Å². The zero-order valence-electron chi connectivity index (χ0n) is 9.20. The second-order valence-corrected chi connectivity index (χ2v) is 4.24. The van der Waals surface area contributed by atoms with E-state index in [1.165, 1.54) is 12.3 Å². The monoisotopic (exact) mass is 269 g/mol. The summed E-state index contributed by atoms with van der Waals surface area (Å²) in [6.07, 6.45) is 1.37.